The number of carbonyl (C=O) groups excluding carboxylic acids is 3. The first-order valence-corrected chi connectivity index (χ1v) is 10.2. The highest BCUT2D eigenvalue weighted by Gasteiger charge is 2.50. The Morgan fingerprint density at radius 1 is 1.03 bits per heavy atom. The molecule has 1 heterocycles. The van der Waals surface area contributed by atoms with E-state index >= 15 is 0 Å². The van der Waals surface area contributed by atoms with E-state index in [1.165, 1.54) is 0 Å². The van der Waals surface area contributed by atoms with Crippen molar-refractivity contribution in [3.05, 3.63) is 83.9 Å². The molecular weight excluding hydrogens is 392 g/mol. The van der Waals surface area contributed by atoms with Gasteiger partial charge in [0.2, 0.25) is 0 Å². The Bertz CT molecular complexity index is 1140. The van der Waals surface area contributed by atoms with Crippen LogP contribution in [0.5, 0.6) is 0 Å². The number of imide groups is 1. The van der Waals surface area contributed by atoms with Crippen molar-refractivity contribution in [1.82, 2.24) is 15.8 Å². The molecule has 4 amide bonds. The molecule has 158 valence electrons. The van der Waals surface area contributed by atoms with E-state index in [1.54, 1.807) is 31.2 Å². The molecule has 3 aromatic rings. The summed E-state index contributed by atoms with van der Waals surface area (Å²) in [5, 5.41) is 7.61. The zero-order chi connectivity index (χ0) is 22.0. The van der Waals surface area contributed by atoms with E-state index < -0.39 is 23.4 Å². The highest BCUT2D eigenvalue weighted by Crippen LogP contribution is 2.27. The standard InChI is InChI=1S/C24H24N4O3/c1-16(19-14-8-10-17-9-6-7-13-20(17)19)25-15-21(29)27-28-22(30)24(2,26-23(28)31)18-11-4-3-5-12-18/h3-14,16,25H,15H2,1-2H3,(H,26,31)(H,27,29)/p+1/t16-,24-/m0/s1. The van der Waals surface area contributed by atoms with Crippen LogP contribution in [-0.2, 0) is 15.1 Å². The molecule has 1 aliphatic heterocycles. The van der Waals surface area contributed by atoms with Crippen LogP contribution in [0.4, 0.5) is 4.79 Å². The van der Waals surface area contributed by atoms with Crippen molar-refractivity contribution in [2.45, 2.75) is 25.4 Å². The lowest BCUT2D eigenvalue weighted by molar-refractivity contribution is -0.682. The van der Waals surface area contributed by atoms with E-state index in [4.69, 9.17) is 0 Å². The summed E-state index contributed by atoms with van der Waals surface area (Å²) in [4.78, 5) is 37.8. The van der Waals surface area contributed by atoms with E-state index in [0.717, 1.165) is 21.3 Å². The van der Waals surface area contributed by atoms with E-state index in [0.29, 0.717) is 5.56 Å². The number of nitrogens with zero attached hydrogens (tertiary/aromatic N) is 1. The third-order valence-electron chi connectivity index (χ3n) is 5.75. The minimum atomic E-state index is -1.22. The summed E-state index contributed by atoms with van der Waals surface area (Å²) in [7, 11) is 0. The number of nitrogens with one attached hydrogen (secondary N) is 2. The minimum absolute atomic E-state index is 0.0227. The summed E-state index contributed by atoms with van der Waals surface area (Å²) in [6.07, 6.45) is 0. The van der Waals surface area contributed by atoms with Gasteiger partial charge in [0.25, 0.3) is 11.8 Å². The molecular formula is C24H25N4O3+. The zero-order valence-electron chi connectivity index (χ0n) is 17.5. The highest BCUT2D eigenvalue weighted by molar-refractivity contribution is 6.08. The molecule has 0 bridgehead atoms. The van der Waals surface area contributed by atoms with Crippen LogP contribution in [0.3, 0.4) is 0 Å². The Balaban J connectivity index is 1.41. The van der Waals surface area contributed by atoms with Crippen LogP contribution < -0.4 is 16.1 Å². The van der Waals surface area contributed by atoms with Gasteiger partial charge in [-0.3, -0.25) is 15.0 Å². The molecule has 4 N–H and O–H groups in total. The van der Waals surface area contributed by atoms with Gasteiger partial charge < -0.3 is 10.6 Å². The second-order valence-corrected chi connectivity index (χ2v) is 7.89. The summed E-state index contributed by atoms with van der Waals surface area (Å²) < 4.78 is 0. The second kappa shape index (κ2) is 8.20. The van der Waals surface area contributed by atoms with Crippen molar-refractivity contribution < 1.29 is 19.7 Å². The van der Waals surface area contributed by atoms with Crippen LogP contribution in [0, 0.1) is 0 Å². The van der Waals surface area contributed by atoms with Gasteiger partial charge in [-0.25, -0.2) is 4.79 Å². The lowest BCUT2D eigenvalue weighted by Crippen LogP contribution is -2.87. The fraction of sp³-hybridized carbons (Fsp3) is 0.208. The largest absolute Gasteiger partial charge is 0.344 e. The van der Waals surface area contributed by atoms with Gasteiger partial charge in [0.1, 0.15) is 11.6 Å². The van der Waals surface area contributed by atoms with Crippen LogP contribution in [0.25, 0.3) is 10.8 Å². The average Bonchev–Trinajstić information content (AvgIpc) is 3.01. The van der Waals surface area contributed by atoms with Crippen molar-refractivity contribution >= 4 is 28.6 Å². The Hall–Kier alpha value is -3.71. The summed E-state index contributed by atoms with van der Waals surface area (Å²) in [6.45, 7) is 3.72. The number of urea groups is 1. The third-order valence-corrected chi connectivity index (χ3v) is 5.75. The molecule has 0 aromatic heterocycles. The number of carbonyl (C=O) groups is 3. The van der Waals surface area contributed by atoms with Gasteiger partial charge in [-0.15, -0.1) is 0 Å². The SMILES string of the molecule is C[C@H]([NH2+]CC(=O)NN1C(=O)N[C@@](C)(c2ccccc2)C1=O)c1cccc2ccccc12. The van der Waals surface area contributed by atoms with Gasteiger partial charge in [-0.05, 0) is 30.2 Å². The molecule has 1 saturated heterocycles. The summed E-state index contributed by atoms with van der Waals surface area (Å²) in [6, 6.07) is 22.5. The predicted octanol–water partition coefficient (Wildman–Crippen LogP) is 1.96. The molecule has 7 heteroatoms. The first kappa shape index (κ1) is 20.6. The summed E-state index contributed by atoms with van der Waals surface area (Å²) >= 11 is 0. The van der Waals surface area contributed by atoms with Gasteiger partial charge in [0.05, 0.1) is 0 Å². The number of quaternary nitrogens is 1. The molecule has 0 radical (unpaired) electrons. The van der Waals surface area contributed by atoms with Gasteiger partial charge in [-0.1, -0.05) is 72.8 Å². The van der Waals surface area contributed by atoms with E-state index in [9.17, 15) is 14.4 Å². The maximum atomic E-state index is 12.9. The number of nitrogens with two attached hydrogens (primary N) is 1. The maximum Gasteiger partial charge on any atom is 0.344 e. The van der Waals surface area contributed by atoms with Crippen molar-refractivity contribution in [2.75, 3.05) is 6.54 Å². The monoisotopic (exact) mass is 417 g/mol. The molecule has 3 aromatic carbocycles. The van der Waals surface area contributed by atoms with Crippen LogP contribution in [0.15, 0.2) is 72.8 Å². The fourth-order valence-electron chi connectivity index (χ4n) is 3.94. The number of hydrazine groups is 1. The number of rotatable bonds is 6. The highest BCUT2D eigenvalue weighted by atomic mass is 16.2. The van der Waals surface area contributed by atoms with E-state index in [1.807, 2.05) is 42.6 Å². The quantitative estimate of drug-likeness (QED) is 0.535. The van der Waals surface area contributed by atoms with E-state index in [-0.39, 0.29) is 12.6 Å². The van der Waals surface area contributed by atoms with Crippen molar-refractivity contribution in [3.8, 4) is 0 Å². The third kappa shape index (κ3) is 3.87. The summed E-state index contributed by atoms with van der Waals surface area (Å²) in [5.74, 6) is -0.938. The van der Waals surface area contributed by atoms with Gasteiger partial charge in [-0.2, -0.15) is 5.01 Å². The average molecular weight is 417 g/mol. The molecule has 0 aliphatic carbocycles. The normalized spacial score (nSPS) is 19.4. The number of fused-ring (bicyclic) bond motifs is 1. The molecule has 0 saturated carbocycles. The molecule has 4 rings (SSSR count). The fourth-order valence-corrected chi connectivity index (χ4v) is 3.94. The molecule has 2 atom stereocenters. The minimum Gasteiger partial charge on any atom is -0.332 e. The number of benzene rings is 3. The Morgan fingerprint density at radius 2 is 1.71 bits per heavy atom. The van der Waals surface area contributed by atoms with Crippen LogP contribution in [-0.4, -0.2) is 29.4 Å². The Labute approximate surface area is 180 Å². The topological polar surface area (TPSA) is 95.1 Å². The second-order valence-electron chi connectivity index (χ2n) is 7.89. The lowest BCUT2D eigenvalue weighted by atomic mass is 9.92. The first-order chi connectivity index (χ1) is 14.9. The zero-order valence-corrected chi connectivity index (χ0v) is 17.5. The maximum absolute atomic E-state index is 12.9. The molecule has 7 nitrogen and oxygen atoms in total. The van der Waals surface area contributed by atoms with Crippen molar-refractivity contribution in [1.29, 1.82) is 0 Å². The van der Waals surface area contributed by atoms with Crippen molar-refractivity contribution in [3.63, 3.8) is 0 Å². The lowest BCUT2D eigenvalue weighted by Gasteiger charge is -2.22. The Kier molecular flexibility index (Phi) is 5.44. The molecule has 0 unspecified atom stereocenters. The van der Waals surface area contributed by atoms with Crippen LogP contribution in [0.2, 0.25) is 0 Å². The van der Waals surface area contributed by atoms with Crippen LogP contribution >= 0.6 is 0 Å². The number of amides is 4. The number of hydrogen-bond acceptors (Lipinski definition) is 3. The van der Waals surface area contributed by atoms with Gasteiger partial charge in [0.15, 0.2) is 6.54 Å². The van der Waals surface area contributed by atoms with Crippen molar-refractivity contribution in [2.24, 2.45) is 0 Å². The molecule has 1 aliphatic rings. The van der Waals surface area contributed by atoms with E-state index in [2.05, 4.69) is 28.9 Å². The molecule has 31 heavy (non-hydrogen) atoms. The van der Waals surface area contributed by atoms with Gasteiger partial charge in [0, 0.05) is 5.56 Å². The smallest absolute Gasteiger partial charge is 0.332 e. The number of hydrogen-bond donors (Lipinski definition) is 3. The molecule has 0 spiro atoms. The predicted molar refractivity (Wildman–Crippen MR) is 116 cm³/mol. The Morgan fingerprint density at radius 3 is 2.48 bits per heavy atom. The molecule has 1 fully saturated rings. The first-order valence-electron chi connectivity index (χ1n) is 10.2. The van der Waals surface area contributed by atoms with Crippen LogP contribution in [0.1, 0.15) is 31.0 Å². The summed E-state index contributed by atoms with van der Waals surface area (Å²) in [5.41, 5.74) is 3.01. The van der Waals surface area contributed by atoms with Gasteiger partial charge >= 0.3 is 6.03 Å².